The molecule has 0 bridgehead atoms. The summed E-state index contributed by atoms with van der Waals surface area (Å²) < 4.78 is 12.9. The number of amides is 1. The summed E-state index contributed by atoms with van der Waals surface area (Å²) in [5, 5.41) is 2.99. The van der Waals surface area contributed by atoms with E-state index in [1.54, 1.807) is 0 Å². The number of rotatable bonds is 3. The highest BCUT2D eigenvalue weighted by molar-refractivity contribution is 5.78. The smallest absolute Gasteiger partial charge is 0.234 e. The van der Waals surface area contributed by atoms with Crippen LogP contribution in [0.15, 0.2) is 24.3 Å². The molecule has 1 N–H and O–H groups in total. The molecule has 21 heavy (non-hydrogen) atoms. The number of likely N-dealkylation sites (tertiary alicyclic amines) is 1. The maximum atomic E-state index is 12.9. The van der Waals surface area contributed by atoms with Crippen molar-refractivity contribution in [2.75, 3.05) is 19.6 Å². The van der Waals surface area contributed by atoms with Crippen LogP contribution in [0.25, 0.3) is 0 Å². The molecule has 1 aliphatic heterocycles. The Morgan fingerprint density at radius 2 is 1.81 bits per heavy atom. The van der Waals surface area contributed by atoms with Crippen molar-refractivity contribution in [2.45, 2.75) is 45.1 Å². The van der Waals surface area contributed by atoms with Gasteiger partial charge in [-0.1, -0.05) is 12.1 Å². The fourth-order valence-electron chi connectivity index (χ4n) is 2.82. The molecule has 0 unspecified atom stereocenters. The predicted molar refractivity (Wildman–Crippen MR) is 82.7 cm³/mol. The van der Waals surface area contributed by atoms with E-state index in [2.05, 4.69) is 10.2 Å². The molecular weight excluding hydrogens is 267 g/mol. The highest BCUT2D eigenvalue weighted by Crippen LogP contribution is 2.27. The molecule has 1 saturated heterocycles. The van der Waals surface area contributed by atoms with E-state index in [1.165, 1.54) is 17.7 Å². The van der Waals surface area contributed by atoms with E-state index in [4.69, 9.17) is 0 Å². The van der Waals surface area contributed by atoms with Crippen LogP contribution in [0.4, 0.5) is 4.39 Å². The molecule has 0 spiro atoms. The number of hydrogen-bond acceptors (Lipinski definition) is 2. The number of hydrogen-bond donors (Lipinski definition) is 1. The highest BCUT2D eigenvalue weighted by Gasteiger charge is 2.23. The van der Waals surface area contributed by atoms with Crippen molar-refractivity contribution in [3.63, 3.8) is 0 Å². The van der Waals surface area contributed by atoms with Crippen LogP contribution in [0.2, 0.25) is 0 Å². The van der Waals surface area contributed by atoms with Gasteiger partial charge in [0.2, 0.25) is 5.91 Å². The first kappa shape index (κ1) is 16.0. The number of benzene rings is 1. The second-order valence-corrected chi connectivity index (χ2v) is 6.90. The van der Waals surface area contributed by atoms with Crippen LogP contribution < -0.4 is 5.32 Å². The topological polar surface area (TPSA) is 32.3 Å². The van der Waals surface area contributed by atoms with Gasteiger partial charge in [0.15, 0.2) is 0 Å². The van der Waals surface area contributed by atoms with Gasteiger partial charge < -0.3 is 5.32 Å². The molecule has 0 atom stereocenters. The number of halogens is 1. The molecule has 116 valence electrons. The van der Waals surface area contributed by atoms with Crippen molar-refractivity contribution in [3.8, 4) is 0 Å². The first-order valence-electron chi connectivity index (χ1n) is 7.62. The van der Waals surface area contributed by atoms with Gasteiger partial charge in [0.25, 0.3) is 0 Å². The minimum Gasteiger partial charge on any atom is -0.350 e. The van der Waals surface area contributed by atoms with Crippen molar-refractivity contribution >= 4 is 5.91 Å². The summed E-state index contributed by atoms with van der Waals surface area (Å²) >= 11 is 0. The minimum absolute atomic E-state index is 0.0859. The average Bonchev–Trinajstić information content (AvgIpc) is 2.38. The number of nitrogens with one attached hydrogen (secondary N) is 1. The molecule has 1 aliphatic rings. The lowest BCUT2D eigenvalue weighted by atomic mass is 9.89. The fourth-order valence-corrected chi connectivity index (χ4v) is 2.82. The fraction of sp³-hybridized carbons (Fsp3) is 0.588. The highest BCUT2D eigenvalue weighted by atomic mass is 19.1. The van der Waals surface area contributed by atoms with Crippen molar-refractivity contribution in [1.29, 1.82) is 0 Å². The Morgan fingerprint density at radius 3 is 2.33 bits per heavy atom. The molecule has 0 aromatic heterocycles. The number of carbonyl (C=O) groups excluding carboxylic acids is 1. The molecule has 0 saturated carbocycles. The summed E-state index contributed by atoms with van der Waals surface area (Å²) in [6.07, 6.45) is 2.04. The second kappa shape index (κ2) is 6.56. The minimum atomic E-state index is -0.185. The molecule has 4 heteroatoms. The zero-order chi connectivity index (χ0) is 15.5. The molecule has 1 aromatic rings. The van der Waals surface area contributed by atoms with Gasteiger partial charge in [0.05, 0.1) is 6.54 Å². The summed E-state index contributed by atoms with van der Waals surface area (Å²) in [7, 11) is 0. The normalized spacial score (nSPS) is 17.7. The summed E-state index contributed by atoms with van der Waals surface area (Å²) in [4.78, 5) is 14.1. The Bertz CT molecular complexity index is 471. The third-order valence-electron chi connectivity index (χ3n) is 3.81. The van der Waals surface area contributed by atoms with Gasteiger partial charge in [0, 0.05) is 5.54 Å². The van der Waals surface area contributed by atoms with Gasteiger partial charge in [-0.05, 0) is 70.3 Å². The second-order valence-electron chi connectivity index (χ2n) is 6.90. The SMILES string of the molecule is CC(C)(C)NC(=O)CN1CCC(c2ccc(F)cc2)CC1. The average molecular weight is 292 g/mol. The Hall–Kier alpha value is -1.42. The van der Waals surface area contributed by atoms with Gasteiger partial charge >= 0.3 is 0 Å². The van der Waals surface area contributed by atoms with E-state index in [-0.39, 0.29) is 17.3 Å². The number of carbonyl (C=O) groups is 1. The Balaban J connectivity index is 1.80. The lowest BCUT2D eigenvalue weighted by molar-refractivity contribution is -0.123. The standard InChI is InChI=1S/C17H25FN2O/c1-17(2,3)19-16(21)12-20-10-8-14(9-11-20)13-4-6-15(18)7-5-13/h4-7,14H,8-12H2,1-3H3,(H,19,21). The molecule has 0 aliphatic carbocycles. The van der Waals surface area contributed by atoms with E-state index in [1.807, 2.05) is 32.9 Å². The van der Waals surface area contributed by atoms with E-state index in [9.17, 15) is 9.18 Å². The van der Waals surface area contributed by atoms with Crippen LogP contribution in [-0.2, 0) is 4.79 Å². The Kier molecular flexibility index (Phi) is 4.99. The predicted octanol–water partition coefficient (Wildman–Crippen LogP) is 2.92. The summed E-state index contributed by atoms with van der Waals surface area (Å²) in [6.45, 7) is 8.27. The van der Waals surface area contributed by atoms with Crippen LogP contribution in [0.5, 0.6) is 0 Å². The van der Waals surface area contributed by atoms with Gasteiger partial charge in [-0.2, -0.15) is 0 Å². The van der Waals surface area contributed by atoms with Crippen LogP contribution in [-0.4, -0.2) is 36.0 Å². The van der Waals surface area contributed by atoms with Crippen LogP contribution in [0, 0.1) is 5.82 Å². The zero-order valence-corrected chi connectivity index (χ0v) is 13.2. The Labute approximate surface area is 126 Å². The number of nitrogens with zero attached hydrogens (tertiary/aromatic N) is 1. The maximum absolute atomic E-state index is 12.9. The van der Waals surface area contributed by atoms with Gasteiger partial charge in [-0.15, -0.1) is 0 Å². The van der Waals surface area contributed by atoms with E-state index < -0.39 is 0 Å². The summed E-state index contributed by atoms with van der Waals surface area (Å²) in [5.74, 6) is 0.380. The summed E-state index contributed by atoms with van der Waals surface area (Å²) in [6, 6.07) is 6.81. The van der Waals surface area contributed by atoms with Crippen molar-refractivity contribution < 1.29 is 9.18 Å². The van der Waals surface area contributed by atoms with Gasteiger partial charge in [-0.3, -0.25) is 9.69 Å². The first-order chi connectivity index (χ1) is 9.83. The van der Waals surface area contributed by atoms with Crippen LogP contribution >= 0.6 is 0 Å². The molecule has 1 heterocycles. The lowest BCUT2D eigenvalue weighted by Gasteiger charge is -2.32. The molecular formula is C17H25FN2O. The van der Waals surface area contributed by atoms with Crippen LogP contribution in [0.1, 0.15) is 45.1 Å². The van der Waals surface area contributed by atoms with Crippen molar-refractivity contribution in [1.82, 2.24) is 10.2 Å². The van der Waals surface area contributed by atoms with Crippen molar-refractivity contribution in [2.24, 2.45) is 0 Å². The number of piperidine rings is 1. The monoisotopic (exact) mass is 292 g/mol. The maximum Gasteiger partial charge on any atom is 0.234 e. The zero-order valence-electron chi connectivity index (χ0n) is 13.2. The molecule has 2 rings (SSSR count). The third kappa shape index (κ3) is 5.12. The third-order valence-corrected chi connectivity index (χ3v) is 3.81. The lowest BCUT2D eigenvalue weighted by Crippen LogP contribution is -2.47. The molecule has 1 amide bonds. The van der Waals surface area contributed by atoms with Gasteiger partial charge in [0.1, 0.15) is 5.82 Å². The van der Waals surface area contributed by atoms with E-state index in [0.717, 1.165) is 25.9 Å². The van der Waals surface area contributed by atoms with Crippen LogP contribution in [0.3, 0.4) is 0 Å². The summed E-state index contributed by atoms with van der Waals surface area (Å²) in [5.41, 5.74) is 1.03. The van der Waals surface area contributed by atoms with Crippen molar-refractivity contribution in [3.05, 3.63) is 35.6 Å². The first-order valence-corrected chi connectivity index (χ1v) is 7.62. The van der Waals surface area contributed by atoms with E-state index >= 15 is 0 Å². The van der Waals surface area contributed by atoms with E-state index in [0.29, 0.717) is 12.5 Å². The molecule has 0 radical (unpaired) electrons. The molecule has 3 nitrogen and oxygen atoms in total. The quantitative estimate of drug-likeness (QED) is 0.929. The molecule has 1 fully saturated rings. The molecule has 1 aromatic carbocycles. The largest absolute Gasteiger partial charge is 0.350 e. The van der Waals surface area contributed by atoms with Gasteiger partial charge in [-0.25, -0.2) is 4.39 Å². The Morgan fingerprint density at radius 1 is 1.24 bits per heavy atom.